The lowest BCUT2D eigenvalue weighted by Crippen LogP contribution is -2.21. The first-order valence-electron chi connectivity index (χ1n) is 12.3. The SMILES string of the molecule is C=C(C)/C=C(\C=NC)c1ccc2[nH]nc(-c3cc4c(-c5cc(F)cc(CNS(C)(=O)=O)c5)cccc4[nH]3)c2c1. The fraction of sp³-hybridized carbons (Fsp3) is 0.133. The van der Waals surface area contributed by atoms with E-state index in [1.807, 2.05) is 55.6 Å². The Morgan fingerprint density at radius 1 is 1.10 bits per heavy atom. The summed E-state index contributed by atoms with van der Waals surface area (Å²) in [5.74, 6) is -0.439. The number of nitrogens with zero attached hydrogens (tertiary/aromatic N) is 2. The molecular formula is C30H28FN5O2S. The number of nitrogens with one attached hydrogen (secondary N) is 3. The zero-order chi connectivity index (χ0) is 27.7. The van der Waals surface area contributed by atoms with Crippen molar-refractivity contribution in [2.24, 2.45) is 4.99 Å². The Labute approximate surface area is 226 Å². The van der Waals surface area contributed by atoms with Gasteiger partial charge in [-0.3, -0.25) is 10.1 Å². The Morgan fingerprint density at radius 2 is 1.92 bits per heavy atom. The average Bonchev–Trinajstić information content (AvgIpc) is 3.49. The van der Waals surface area contributed by atoms with Crippen LogP contribution >= 0.6 is 0 Å². The van der Waals surface area contributed by atoms with Gasteiger partial charge in [0.15, 0.2) is 0 Å². The zero-order valence-corrected chi connectivity index (χ0v) is 22.7. The van der Waals surface area contributed by atoms with Crippen LogP contribution in [0.25, 0.3) is 49.9 Å². The van der Waals surface area contributed by atoms with Crippen LogP contribution in [0.3, 0.4) is 0 Å². The van der Waals surface area contributed by atoms with E-state index in [1.54, 1.807) is 13.1 Å². The number of aromatic amines is 2. The van der Waals surface area contributed by atoms with Gasteiger partial charge >= 0.3 is 0 Å². The molecule has 0 fully saturated rings. The number of allylic oxidation sites excluding steroid dienone is 3. The third-order valence-electron chi connectivity index (χ3n) is 6.29. The summed E-state index contributed by atoms with van der Waals surface area (Å²) in [6.45, 7) is 5.94. The number of sulfonamides is 1. The second-order valence-corrected chi connectivity index (χ2v) is 11.4. The summed E-state index contributed by atoms with van der Waals surface area (Å²) in [4.78, 5) is 7.65. The highest BCUT2D eigenvalue weighted by Gasteiger charge is 2.15. The van der Waals surface area contributed by atoms with Gasteiger partial charge in [0, 0.05) is 36.1 Å². The summed E-state index contributed by atoms with van der Waals surface area (Å²) >= 11 is 0. The molecule has 9 heteroatoms. The van der Waals surface area contributed by atoms with Crippen LogP contribution in [0.15, 0.2) is 83.9 Å². The molecule has 0 radical (unpaired) electrons. The van der Waals surface area contributed by atoms with E-state index in [0.717, 1.165) is 61.7 Å². The van der Waals surface area contributed by atoms with Crippen LogP contribution in [0.1, 0.15) is 18.1 Å². The number of aromatic nitrogens is 3. The lowest BCUT2D eigenvalue weighted by atomic mass is 9.99. The third-order valence-corrected chi connectivity index (χ3v) is 6.96. The molecule has 0 saturated carbocycles. The number of benzene rings is 3. The normalized spacial score (nSPS) is 12.7. The van der Waals surface area contributed by atoms with E-state index < -0.39 is 15.8 Å². The van der Waals surface area contributed by atoms with Crippen LogP contribution in [0.2, 0.25) is 0 Å². The lowest BCUT2D eigenvalue weighted by molar-refractivity contribution is 0.586. The molecule has 2 heterocycles. The van der Waals surface area contributed by atoms with Crippen LogP contribution < -0.4 is 4.72 Å². The smallest absolute Gasteiger partial charge is 0.209 e. The Kier molecular flexibility index (Phi) is 7.03. The number of H-pyrrole nitrogens is 2. The highest BCUT2D eigenvalue weighted by atomic mass is 32.2. The van der Waals surface area contributed by atoms with Gasteiger partial charge in [-0.2, -0.15) is 5.10 Å². The van der Waals surface area contributed by atoms with E-state index in [0.29, 0.717) is 11.1 Å². The Bertz CT molecular complexity index is 1900. The second kappa shape index (κ2) is 10.4. The van der Waals surface area contributed by atoms with Gasteiger partial charge in [-0.1, -0.05) is 36.4 Å². The summed E-state index contributed by atoms with van der Waals surface area (Å²) < 4.78 is 40.0. The van der Waals surface area contributed by atoms with Gasteiger partial charge in [0.05, 0.1) is 17.5 Å². The lowest BCUT2D eigenvalue weighted by Gasteiger charge is -2.08. The molecule has 39 heavy (non-hydrogen) atoms. The molecule has 0 bridgehead atoms. The fourth-order valence-electron chi connectivity index (χ4n) is 4.66. The van der Waals surface area contributed by atoms with Gasteiger partial charge in [-0.15, -0.1) is 0 Å². The summed E-state index contributed by atoms with van der Waals surface area (Å²) in [6.07, 6.45) is 4.87. The average molecular weight is 542 g/mol. The van der Waals surface area contributed by atoms with Crippen LogP contribution in [0.5, 0.6) is 0 Å². The van der Waals surface area contributed by atoms with E-state index in [4.69, 9.17) is 0 Å². The van der Waals surface area contributed by atoms with Crippen molar-refractivity contribution in [2.45, 2.75) is 13.5 Å². The standard InChI is InChI=1S/C30H28FN5O2S/c1-18(2)10-22(17-32-3)20-8-9-28-26(14-20)30(36-35-28)29-15-25-24(6-5-7-27(25)34-29)21-11-19(12-23(31)13-21)16-33-39(4,37)38/h5-15,17,33-34H,1,16H2,2-4H3,(H,35,36)/b22-10+,32-17?. The van der Waals surface area contributed by atoms with Gasteiger partial charge in [-0.05, 0) is 77.2 Å². The van der Waals surface area contributed by atoms with E-state index >= 15 is 0 Å². The molecule has 3 aromatic carbocycles. The van der Waals surface area contributed by atoms with E-state index in [9.17, 15) is 12.8 Å². The van der Waals surface area contributed by atoms with Crippen LogP contribution in [0, 0.1) is 5.82 Å². The van der Waals surface area contributed by atoms with Crippen molar-refractivity contribution in [1.29, 1.82) is 0 Å². The molecule has 5 rings (SSSR count). The largest absolute Gasteiger partial charge is 0.353 e. The molecule has 3 N–H and O–H groups in total. The van der Waals surface area contributed by atoms with Crippen LogP contribution in [-0.2, 0) is 16.6 Å². The highest BCUT2D eigenvalue weighted by Crippen LogP contribution is 2.35. The fourth-order valence-corrected chi connectivity index (χ4v) is 5.08. The van der Waals surface area contributed by atoms with Crippen molar-refractivity contribution < 1.29 is 12.8 Å². The maximum absolute atomic E-state index is 14.6. The minimum Gasteiger partial charge on any atom is -0.353 e. The summed E-state index contributed by atoms with van der Waals surface area (Å²) in [5.41, 5.74) is 8.20. The quantitative estimate of drug-likeness (QED) is 0.160. The molecule has 7 nitrogen and oxygen atoms in total. The molecule has 0 amide bonds. The first-order chi connectivity index (χ1) is 18.6. The van der Waals surface area contributed by atoms with Gasteiger partial charge in [0.25, 0.3) is 0 Å². The maximum Gasteiger partial charge on any atom is 0.209 e. The number of halogens is 1. The molecule has 0 saturated heterocycles. The number of aliphatic imine (C=N–C) groups is 1. The Hall–Kier alpha value is -4.34. The Balaban J connectivity index is 1.60. The molecule has 0 spiro atoms. The monoisotopic (exact) mass is 541 g/mol. The van der Waals surface area contributed by atoms with E-state index in [1.165, 1.54) is 12.1 Å². The number of hydrogen-bond donors (Lipinski definition) is 3. The predicted molar refractivity (Wildman–Crippen MR) is 158 cm³/mol. The molecule has 5 aromatic rings. The van der Waals surface area contributed by atoms with Crippen LogP contribution in [-0.4, -0.2) is 43.1 Å². The minimum atomic E-state index is -3.41. The van der Waals surface area contributed by atoms with Gasteiger partial charge in [0.1, 0.15) is 11.5 Å². The predicted octanol–water partition coefficient (Wildman–Crippen LogP) is 6.23. The van der Waals surface area contributed by atoms with Gasteiger partial charge in [0.2, 0.25) is 10.0 Å². The number of rotatable bonds is 8. The molecule has 0 aliphatic carbocycles. The molecule has 0 unspecified atom stereocenters. The maximum atomic E-state index is 14.6. The molecule has 0 aliphatic rings. The Morgan fingerprint density at radius 3 is 2.67 bits per heavy atom. The minimum absolute atomic E-state index is 0.00407. The molecular weight excluding hydrogens is 513 g/mol. The molecule has 2 aromatic heterocycles. The van der Waals surface area contributed by atoms with Crippen molar-refractivity contribution in [3.63, 3.8) is 0 Å². The van der Waals surface area contributed by atoms with Gasteiger partial charge < -0.3 is 4.98 Å². The molecule has 0 aliphatic heterocycles. The van der Waals surface area contributed by atoms with E-state index in [-0.39, 0.29) is 6.54 Å². The van der Waals surface area contributed by atoms with E-state index in [2.05, 4.69) is 37.5 Å². The topological polar surface area (TPSA) is 103 Å². The summed E-state index contributed by atoms with van der Waals surface area (Å²) in [7, 11) is -1.67. The van der Waals surface area contributed by atoms with Crippen molar-refractivity contribution in [2.75, 3.05) is 13.3 Å². The summed E-state index contributed by atoms with van der Waals surface area (Å²) in [6, 6.07) is 18.4. The zero-order valence-electron chi connectivity index (χ0n) is 21.8. The van der Waals surface area contributed by atoms with Crippen molar-refractivity contribution in [3.05, 3.63) is 95.8 Å². The number of fused-ring (bicyclic) bond motifs is 2. The van der Waals surface area contributed by atoms with Crippen LogP contribution in [0.4, 0.5) is 4.39 Å². The molecule has 198 valence electrons. The first-order valence-corrected chi connectivity index (χ1v) is 14.1. The number of hydrogen-bond acceptors (Lipinski definition) is 4. The van der Waals surface area contributed by atoms with Crippen molar-refractivity contribution >= 4 is 43.6 Å². The highest BCUT2D eigenvalue weighted by molar-refractivity contribution is 7.88. The van der Waals surface area contributed by atoms with Gasteiger partial charge in [-0.25, -0.2) is 17.5 Å². The van der Waals surface area contributed by atoms with Crippen molar-refractivity contribution in [3.8, 4) is 22.5 Å². The first kappa shape index (κ1) is 26.3. The molecule has 0 atom stereocenters. The van der Waals surface area contributed by atoms with Crippen molar-refractivity contribution in [1.82, 2.24) is 19.9 Å². The third kappa shape index (κ3) is 5.74. The second-order valence-electron chi connectivity index (χ2n) is 9.56. The summed E-state index contributed by atoms with van der Waals surface area (Å²) in [5, 5.41) is 9.54.